The van der Waals surface area contributed by atoms with Gasteiger partial charge in [-0.1, -0.05) is 6.07 Å². The van der Waals surface area contributed by atoms with Crippen LogP contribution in [0.15, 0.2) is 24.3 Å². The number of carbonyl (C=O) groups excluding carboxylic acids is 1. The van der Waals surface area contributed by atoms with Crippen LogP contribution in [0.4, 0.5) is 5.82 Å². The predicted molar refractivity (Wildman–Crippen MR) is 64.9 cm³/mol. The number of hydrogen-bond donors (Lipinski definition) is 1. The third-order valence-corrected chi connectivity index (χ3v) is 2.36. The van der Waals surface area contributed by atoms with Crippen molar-refractivity contribution in [3.05, 3.63) is 41.3 Å². The monoisotopic (exact) mass is 230 g/mol. The maximum absolute atomic E-state index is 11.9. The van der Waals surface area contributed by atoms with Gasteiger partial charge in [0, 0.05) is 12.7 Å². The SMILES string of the molecule is Cc1cccc(NC(=O)c2cc(C)nn2C)n1. The molecule has 2 heterocycles. The summed E-state index contributed by atoms with van der Waals surface area (Å²) in [5.74, 6) is 0.347. The van der Waals surface area contributed by atoms with Crippen LogP contribution in [0.25, 0.3) is 0 Å². The molecule has 0 aliphatic carbocycles. The summed E-state index contributed by atoms with van der Waals surface area (Å²) < 4.78 is 1.56. The minimum absolute atomic E-state index is 0.203. The van der Waals surface area contributed by atoms with Gasteiger partial charge in [-0.15, -0.1) is 0 Å². The van der Waals surface area contributed by atoms with Gasteiger partial charge in [0.25, 0.3) is 5.91 Å². The molecular weight excluding hydrogens is 216 g/mol. The van der Waals surface area contributed by atoms with E-state index in [0.29, 0.717) is 11.5 Å². The smallest absolute Gasteiger partial charge is 0.275 e. The zero-order chi connectivity index (χ0) is 12.4. The van der Waals surface area contributed by atoms with Gasteiger partial charge in [0.1, 0.15) is 11.5 Å². The molecule has 2 aromatic rings. The number of anilines is 1. The van der Waals surface area contributed by atoms with Gasteiger partial charge in [-0.05, 0) is 32.0 Å². The largest absolute Gasteiger partial charge is 0.305 e. The summed E-state index contributed by atoms with van der Waals surface area (Å²) in [5.41, 5.74) is 2.20. The number of nitrogens with zero attached hydrogens (tertiary/aromatic N) is 3. The van der Waals surface area contributed by atoms with Gasteiger partial charge in [0.15, 0.2) is 0 Å². The van der Waals surface area contributed by atoms with Crippen molar-refractivity contribution in [3.63, 3.8) is 0 Å². The molecule has 0 spiro atoms. The summed E-state index contributed by atoms with van der Waals surface area (Å²) in [5, 5.41) is 6.87. The van der Waals surface area contributed by atoms with Gasteiger partial charge >= 0.3 is 0 Å². The fourth-order valence-electron chi connectivity index (χ4n) is 1.62. The van der Waals surface area contributed by atoms with Crippen LogP contribution >= 0.6 is 0 Å². The molecule has 0 fully saturated rings. The number of carbonyl (C=O) groups is 1. The number of pyridine rings is 1. The highest BCUT2D eigenvalue weighted by molar-refractivity contribution is 6.02. The summed E-state index contributed by atoms with van der Waals surface area (Å²) in [6.07, 6.45) is 0. The fourth-order valence-corrected chi connectivity index (χ4v) is 1.62. The van der Waals surface area contributed by atoms with E-state index >= 15 is 0 Å². The predicted octanol–water partition coefficient (Wildman–Crippen LogP) is 1.68. The van der Waals surface area contributed by atoms with E-state index in [2.05, 4.69) is 15.4 Å². The first-order chi connectivity index (χ1) is 8.06. The highest BCUT2D eigenvalue weighted by Gasteiger charge is 2.12. The molecule has 0 saturated heterocycles. The highest BCUT2D eigenvalue weighted by Crippen LogP contribution is 2.08. The molecule has 0 unspecified atom stereocenters. The lowest BCUT2D eigenvalue weighted by atomic mass is 10.3. The van der Waals surface area contributed by atoms with Gasteiger partial charge in [0.2, 0.25) is 0 Å². The van der Waals surface area contributed by atoms with Crippen LogP contribution in [0.2, 0.25) is 0 Å². The number of aryl methyl sites for hydroxylation is 3. The Kier molecular flexibility index (Phi) is 2.91. The Balaban J connectivity index is 2.20. The quantitative estimate of drug-likeness (QED) is 0.854. The Morgan fingerprint density at radius 3 is 2.65 bits per heavy atom. The minimum Gasteiger partial charge on any atom is -0.305 e. The number of hydrogen-bond acceptors (Lipinski definition) is 3. The summed E-state index contributed by atoms with van der Waals surface area (Å²) >= 11 is 0. The molecule has 88 valence electrons. The molecule has 0 atom stereocenters. The van der Waals surface area contributed by atoms with Crippen molar-refractivity contribution in [1.29, 1.82) is 0 Å². The first-order valence-electron chi connectivity index (χ1n) is 5.32. The van der Waals surface area contributed by atoms with E-state index in [4.69, 9.17) is 0 Å². The van der Waals surface area contributed by atoms with Crippen LogP contribution in [-0.2, 0) is 7.05 Å². The molecule has 1 amide bonds. The van der Waals surface area contributed by atoms with Crippen LogP contribution in [0.3, 0.4) is 0 Å². The van der Waals surface area contributed by atoms with Gasteiger partial charge in [-0.25, -0.2) is 4.98 Å². The van der Waals surface area contributed by atoms with E-state index in [1.807, 2.05) is 26.0 Å². The Hall–Kier alpha value is -2.17. The zero-order valence-corrected chi connectivity index (χ0v) is 10.1. The first-order valence-corrected chi connectivity index (χ1v) is 5.32. The van der Waals surface area contributed by atoms with Gasteiger partial charge in [-0.3, -0.25) is 9.48 Å². The fraction of sp³-hybridized carbons (Fsp3) is 0.250. The van der Waals surface area contributed by atoms with Gasteiger partial charge < -0.3 is 5.32 Å². The molecule has 0 saturated carbocycles. The lowest BCUT2D eigenvalue weighted by Gasteiger charge is -2.04. The van der Waals surface area contributed by atoms with E-state index in [1.165, 1.54) is 0 Å². The zero-order valence-electron chi connectivity index (χ0n) is 10.1. The van der Waals surface area contributed by atoms with Crippen LogP contribution in [-0.4, -0.2) is 20.7 Å². The Bertz CT molecular complexity index is 559. The molecule has 2 rings (SSSR count). The second kappa shape index (κ2) is 4.37. The molecule has 0 aliphatic heterocycles. The average molecular weight is 230 g/mol. The van der Waals surface area contributed by atoms with Crippen molar-refractivity contribution in [3.8, 4) is 0 Å². The maximum atomic E-state index is 11.9. The van der Waals surface area contributed by atoms with Crippen molar-refractivity contribution in [2.24, 2.45) is 7.05 Å². The van der Waals surface area contributed by atoms with Crippen molar-refractivity contribution in [2.75, 3.05) is 5.32 Å². The molecule has 0 bridgehead atoms. The standard InChI is InChI=1S/C12H14N4O/c1-8-5-4-6-11(13-8)14-12(17)10-7-9(2)15-16(10)3/h4-7H,1-3H3,(H,13,14,17). The van der Waals surface area contributed by atoms with E-state index in [-0.39, 0.29) is 5.91 Å². The van der Waals surface area contributed by atoms with E-state index < -0.39 is 0 Å². The van der Waals surface area contributed by atoms with Crippen LogP contribution < -0.4 is 5.32 Å². The normalized spacial score (nSPS) is 10.3. The summed E-state index contributed by atoms with van der Waals surface area (Å²) in [7, 11) is 1.74. The van der Waals surface area contributed by atoms with Crippen LogP contribution in [0.1, 0.15) is 21.9 Å². The number of amides is 1. The summed E-state index contributed by atoms with van der Waals surface area (Å²) in [6.45, 7) is 3.73. The molecule has 0 aromatic carbocycles. The molecule has 1 N–H and O–H groups in total. The Labute approximate surface area is 99.5 Å². The third kappa shape index (κ3) is 2.50. The first kappa shape index (κ1) is 11.3. The molecule has 2 aromatic heterocycles. The molecule has 0 aliphatic rings. The molecule has 5 heteroatoms. The molecule has 5 nitrogen and oxygen atoms in total. The van der Waals surface area contributed by atoms with E-state index in [1.54, 1.807) is 23.9 Å². The minimum atomic E-state index is -0.203. The number of rotatable bonds is 2. The van der Waals surface area contributed by atoms with E-state index in [0.717, 1.165) is 11.4 Å². The topological polar surface area (TPSA) is 59.8 Å². The number of nitrogens with one attached hydrogen (secondary N) is 1. The maximum Gasteiger partial charge on any atom is 0.275 e. The van der Waals surface area contributed by atoms with Crippen LogP contribution in [0, 0.1) is 13.8 Å². The van der Waals surface area contributed by atoms with Gasteiger partial charge in [-0.2, -0.15) is 5.10 Å². The second-order valence-electron chi connectivity index (χ2n) is 3.91. The van der Waals surface area contributed by atoms with Crippen molar-refractivity contribution in [1.82, 2.24) is 14.8 Å². The van der Waals surface area contributed by atoms with Crippen molar-refractivity contribution < 1.29 is 4.79 Å². The average Bonchev–Trinajstić information content (AvgIpc) is 2.58. The molecule has 17 heavy (non-hydrogen) atoms. The molecular formula is C12H14N4O. The number of aromatic nitrogens is 3. The summed E-state index contributed by atoms with van der Waals surface area (Å²) in [6, 6.07) is 7.23. The lowest BCUT2D eigenvalue weighted by molar-refractivity contribution is 0.101. The van der Waals surface area contributed by atoms with Crippen LogP contribution in [0.5, 0.6) is 0 Å². The van der Waals surface area contributed by atoms with Crippen molar-refractivity contribution in [2.45, 2.75) is 13.8 Å². The third-order valence-electron chi connectivity index (χ3n) is 2.36. The highest BCUT2D eigenvalue weighted by atomic mass is 16.2. The Morgan fingerprint density at radius 2 is 2.06 bits per heavy atom. The Morgan fingerprint density at radius 1 is 1.29 bits per heavy atom. The second-order valence-corrected chi connectivity index (χ2v) is 3.91. The van der Waals surface area contributed by atoms with Gasteiger partial charge in [0.05, 0.1) is 5.69 Å². The van der Waals surface area contributed by atoms with Crippen molar-refractivity contribution >= 4 is 11.7 Å². The molecule has 0 radical (unpaired) electrons. The van der Waals surface area contributed by atoms with E-state index in [9.17, 15) is 4.79 Å². The lowest BCUT2D eigenvalue weighted by Crippen LogP contribution is -2.16. The summed E-state index contributed by atoms with van der Waals surface area (Å²) in [4.78, 5) is 16.2.